The Labute approximate surface area is 170 Å². The maximum absolute atomic E-state index is 12.5. The van der Waals surface area contributed by atoms with Gasteiger partial charge in [-0.2, -0.15) is 8.78 Å². The summed E-state index contributed by atoms with van der Waals surface area (Å²) in [5.74, 6) is -0.762. The minimum absolute atomic E-state index is 0.0518. The first-order valence-corrected chi connectivity index (χ1v) is 10.3. The van der Waals surface area contributed by atoms with E-state index in [1.54, 1.807) is 6.07 Å². The molecule has 1 N–H and O–H groups in total. The van der Waals surface area contributed by atoms with Gasteiger partial charge >= 0.3 is 6.61 Å². The van der Waals surface area contributed by atoms with Crippen molar-refractivity contribution in [3.63, 3.8) is 0 Å². The number of ether oxygens (including phenoxy) is 2. The van der Waals surface area contributed by atoms with Crippen molar-refractivity contribution in [2.75, 3.05) is 19.9 Å². The molecule has 1 amide bonds. The van der Waals surface area contributed by atoms with E-state index in [1.807, 2.05) is 0 Å². The van der Waals surface area contributed by atoms with Crippen LogP contribution < -0.4 is 14.8 Å². The van der Waals surface area contributed by atoms with E-state index in [0.29, 0.717) is 5.56 Å². The molecule has 0 aliphatic carbocycles. The van der Waals surface area contributed by atoms with Crippen molar-refractivity contribution in [3.05, 3.63) is 57.6 Å². The van der Waals surface area contributed by atoms with Crippen molar-refractivity contribution in [1.82, 2.24) is 5.32 Å². The van der Waals surface area contributed by atoms with Crippen LogP contribution in [-0.2, 0) is 16.3 Å². The Morgan fingerprint density at radius 1 is 1.20 bits per heavy atom. The molecule has 30 heavy (non-hydrogen) atoms. The Kier molecular flexibility index (Phi) is 7.27. The fourth-order valence-corrected chi connectivity index (χ4v) is 3.20. The number of benzene rings is 2. The van der Waals surface area contributed by atoms with Crippen molar-refractivity contribution in [3.8, 4) is 11.5 Å². The van der Waals surface area contributed by atoms with Crippen LogP contribution in [0.25, 0.3) is 0 Å². The highest BCUT2D eigenvalue weighted by molar-refractivity contribution is 7.90. The maximum Gasteiger partial charge on any atom is 0.387 e. The van der Waals surface area contributed by atoms with Crippen LogP contribution in [0.15, 0.2) is 41.3 Å². The number of hydrogen-bond acceptors (Lipinski definition) is 7. The number of rotatable bonds is 9. The summed E-state index contributed by atoms with van der Waals surface area (Å²) in [4.78, 5) is 22.2. The van der Waals surface area contributed by atoms with Crippen LogP contribution >= 0.6 is 0 Å². The first-order valence-electron chi connectivity index (χ1n) is 8.40. The molecule has 0 aliphatic heterocycles. The second-order valence-corrected chi connectivity index (χ2v) is 8.13. The van der Waals surface area contributed by atoms with E-state index in [4.69, 9.17) is 4.74 Å². The van der Waals surface area contributed by atoms with Gasteiger partial charge in [-0.3, -0.25) is 14.9 Å². The third-order valence-corrected chi connectivity index (χ3v) is 5.03. The molecule has 0 radical (unpaired) electrons. The molecule has 0 unspecified atom stereocenters. The molecule has 0 spiro atoms. The van der Waals surface area contributed by atoms with Crippen molar-refractivity contribution < 1.29 is 36.4 Å². The first-order chi connectivity index (χ1) is 14.0. The second-order valence-electron chi connectivity index (χ2n) is 6.11. The molecule has 0 fully saturated rings. The molecule has 0 atom stereocenters. The van der Waals surface area contributed by atoms with Crippen molar-refractivity contribution in [2.24, 2.45) is 0 Å². The number of halogens is 2. The van der Waals surface area contributed by atoms with Crippen LogP contribution in [0, 0.1) is 10.1 Å². The van der Waals surface area contributed by atoms with Crippen LogP contribution in [-0.4, -0.2) is 45.8 Å². The number of hydrogen-bond donors (Lipinski definition) is 1. The van der Waals surface area contributed by atoms with Gasteiger partial charge in [0, 0.05) is 30.5 Å². The van der Waals surface area contributed by atoms with E-state index < -0.39 is 33.0 Å². The molecular weight excluding hydrogens is 426 g/mol. The smallest absolute Gasteiger partial charge is 0.387 e. The summed E-state index contributed by atoms with van der Waals surface area (Å²) in [6.45, 7) is -2.98. The SMILES string of the molecule is COc1ccc(CCNC(=O)c2cc([N+](=O)[O-])cc(S(C)(=O)=O)c2)cc1OC(F)F. The highest BCUT2D eigenvalue weighted by atomic mass is 32.2. The largest absolute Gasteiger partial charge is 0.493 e. The van der Waals surface area contributed by atoms with Gasteiger partial charge in [-0.15, -0.1) is 0 Å². The number of nitro benzene ring substituents is 1. The van der Waals surface area contributed by atoms with Gasteiger partial charge in [-0.05, 0) is 30.2 Å². The zero-order valence-corrected chi connectivity index (χ0v) is 16.7. The lowest BCUT2D eigenvalue weighted by atomic mass is 10.1. The lowest BCUT2D eigenvalue weighted by molar-refractivity contribution is -0.385. The monoisotopic (exact) mass is 444 g/mol. The maximum atomic E-state index is 12.5. The zero-order valence-electron chi connectivity index (χ0n) is 15.9. The summed E-state index contributed by atoms with van der Waals surface area (Å²) in [5, 5.41) is 13.5. The number of carbonyl (C=O) groups excluding carboxylic acids is 1. The van der Waals surface area contributed by atoms with Crippen LogP contribution in [0.5, 0.6) is 11.5 Å². The quantitative estimate of drug-likeness (QED) is 0.465. The average molecular weight is 444 g/mol. The van der Waals surface area contributed by atoms with Gasteiger partial charge in [-0.1, -0.05) is 6.07 Å². The summed E-state index contributed by atoms with van der Waals surface area (Å²) < 4.78 is 57.7. The predicted octanol–water partition coefficient (Wildman–Crippen LogP) is 2.58. The Bertz CT molecular complexity index is 1060. The summed E-state index contributed by atoms with van der Waals surface area (Å²) in [5.41, 5.74) is -0.171. The van der Waals surface area contributed by atoms with Crippen LogP contribution in [0.1, 0.15) is 15.9 Å². The number of non-ortho nitro benzene ring substituents is 1. The van der Waals surface area contributed by atoms with Gasteiger partial charge in [0.15, 0.2) is 21.3 Å². The number of sulfone groups is 1. The van der Waals surface area contributed by atoms with Crippen LogP contribution in [0.2, 0.25) is 0 Å². The minimum atomic E-state index is -3.77. The van der Waals surface area contributed by atoms with E-state index in [1.165, 1.54) is 19.2 Å². The molecule has 2 rings (SSSR count). The van der Waals surface area contributed by atoms with E-state index in [9.17, 15) is 32.1 Å². The minimum Gasteiger partial charge on any atom is -0.493 e. The number of amides is 1. The van der Waals surface area contributed by atoms with Crippen molar-refractivity contribution in [1.29, 1.82) is 0 Å². The summed E-state index contributed by atoms with van der Waals surface area (Å²) in [7, 11) is -2.47. The first kappa shape index (κ1) is 23.0. The van der Waals surface area contributed by atoms with Gasteiger partial charge in [-0.25, -0.2) is 8.42 Å². The molecule has 2 aromatic carbocycles. The fraction of sp³-hybridized carbons (Fsp3) is 0.278. The van der Waals surface area contributed by atoms with E-state index in [0.717, 1.165) is 24.5 Å². The molecule has 0 heterocycles. The summed E-state index contributed by atoms with van der Waals surface area (Å²) >= 11 is 0. The highest BCUT2D eigenvalue weighted by Gasteiger charge is 2.19. The zero-order chi connectivity index (χ0) is 22.5. The van der Waals surface area contributed by atoms with Crippen LogP contribution in [0.3, 0.4) is 0 Å². The molecule has 0 aliphatic rings. The molecule has 162 valence electrons. The van der Waals surface area contributed by atoms with Crippen LogP contribution in [0.4, 0.5) is 14.5 Å². The normalized spacial score (nSPS) is 11.2. The fourth-order valence-electron chi connectivity index (χ4n) is 2.52. The van der Waals surface area contributed by atoms with Crippen molar-refractivity contribution in [2.45, 2.75) is 17.9 Å². The van der Waals surface area contributed by atoms with Crippen molar-refractivity contribution >= 4 is 21.4 Å². The summed E-state index contributed by atoms with van der Waals surface area (Å²) in [6.07, 6.45) is 1.10. The van der Waals surface area contributed by atoms with Gasteiger partial charge in [0.25, 0.3) is 11.6 Å². The Morgan fingerprint density at radius 2 is 1.90 bits per heavy atom. The number of alkyl halides is 2. The van der Waals surface area contributed by atoms with E-state index in [2.05, 4.69) is 10.1 Å². The van der Waals surface area contributed by atoms with E-state index in [-0.39, 0.29) is 34.9 Å². The molecule has 9 nitrogen and oxygen atoms in total. The lowest BCUT2D eigenvalue weighted by Gasteiger charge is -2.12. The molecule has 2 aromatic rings. The average Bonchev–Trinajstić information content (AvgIpc) is 2.66. The Hall–Kier alpha value is -3.28. The second kappa shape index (κ2) is 9.48. The Balaban J connectivity index is 2.13. The van der Waals surface area contributed by atoms with Gasteiger partial charge in [0.05, 0.1) is 16.9 Å². The molecule has 0 saturated heterocycles. The van der Waals surface area contributed by atoms with Gasteiger partial charge in [0.2, 0.25) is 0 Å². The molecule has 0 bridgehead atoms. The molecule has 0 aromatic heterocycles. The number of carbonyl (C=O) groups is 1. The number of methoxy groups -OCH3 is 1. The molecule has 12 heteroatoms. The third-order valence-electron chi connectivity index (χ3n) is 3.94. The Morgan fingerprint density at radius 3 is 2.47 bits per heavy atom. The lowest BCUT2D eigenvalue weighted by Crippen LogP contribution is -2.26. The highest BCUT2D eigenvalue weighted by Crippen LogP contribution is 2.29. The molecular formula is C18H18F2N2O7S. The molecule has 0 saturated carbocycles. The van der Waals surface area contributed by atoms with E-state index >= 15 is 0 Å². The third kappa shape index (κ3) is 6.11. The number of nitro groups is 1. The predicted molar refractivity (Wildman–Crippen MR) is 102 cm³/mol. The standard InChI is InChI=1S/C18H18F2N2O7S/c1-28-15-4-3-11(7-16(15)29-18(19)20)5-6-21-17(23)12-8-13(22(24)25)10-14(9-12)30(2,26)27/h3-4,7-10,18H,5-6H2,1-2H3,(H,21,23). The van der Waals surface area contributed by atoms with Gasteiger partial charge < -0.3 is 14.8 Å². The topological polar surface area (TPSA) is 125 Å². The van der Waals surface area contributed by atoms with Gasteiger partial charge in [0.1, 0.15) is 0 Å². The number of nitrogens with one attached hydrogen (secondary N) is 1. The summed E-state index contributed by atoms with van der Waals surface area (Å²) in [6, 6.07) is 7.25. The number of nitrogens with zero attached hydrogens (tertiary/aromatic N) is 1.